The van der Waals surface area contributed by atoms with E-state index >= 15 is 0 Å². The van der Waals surface area contributed by atoms with Crippen LogP contribution in [0.25, 0.3) is 0 Å². The van der Waals surface area contributed by atoms with Gasteiger partial charge in [0.1, 0.15) is 5.69 Å². The third kappa shape index (κ3) is 4.13. The smallest absolute Gasteiger partial charge is 0.182 e. The van der Waals surface area contributed by atoms with Crippen molar-refractivity contribution in [3.8, 4) is 0 Å². The van der Waals surface area contributed by atoms with Crippen molar-refractivity contribution >= 4 is 17.4 Å². The Kier molecular flexibility index (Phi) is 4.71. The van der Waals surface area contributed by atoms with E-state index in [1.165, 1.54) is 6.20 Å². The van der Waals surface area contributed by atoms with E-state index in [1.807, 2.05) is 20.8 Å². The fourth-order valence-corrected chi connectivity index (χ4v) is 1.80. The second-order valence-corrected chi connectivity index (χ2v) is 5.62. The first-order chi connectivity index (χ1) is 7.85. The van der Waals surface area contributed by atoms with Gasteiger partial charge in [0.25, 0.3) is 0 Å². The van der Waals surface area contributed by atoms with Crippen LogP contribution in [0.4, 0.5) is 0 Å². The molecule has 4 nitrogen and oxygen atoms in total. The Balaban J connectivity index is 2.88. The lowest BCUT2D eigenvalue weighted by molar-refractivity contribution is 0.0926. The fourth-order valence-electron chi connectivity index (χ4n) is 1.55. The number of hydrogen-bond donors (Lipinski definition) is 0. The van der Waals surface area contributed by atoms with Crippen molar-refractivity contribution in [2.24, 2.45) is 5.41 Å². The lowest BCUT2D eigenvalue weighted by atomic mass is 9.89. The standard InChI is InChI=1S/C12H19ClN2O2/c1-12(2,3)7-10(16)11-9(13)8-14-15(11)5-6-17-4/h8H,5-7H2,1-4H3. The predicted molar refractivity (Wildman–Crippen MR) is 67.5 cm³/mol. The number of Topliss-reactive ketones (excluding diaryl/α,β-unsaturated/α-hetero) is 1. The van der Waals surface area contributed by atoms with Crippen LogP contribution in [0.3, 0.4) is 0 Å². The Morgan fingerprint density at radius 2 is 2.18 bits per heavy atom. The molecule has 0 amide bonds. The molecule has 1 aromatic rings. The summed E-state index contributed by atoms with van der Waals surface area (Å²) in [6.45, 7) is 7.11. The second-order valence-electron chi connectivity index (χ2n) is 5.22. The van der Waals surface area contributed by atoms with Crippen molar-refractivity contribution in [1.82, 2.24) is 9.78 Å². The monoisotopic (exact) mass is 258 g/mol. The Morgan fingerprint density at radius 1 is 1.53 bits per heavy atom. The van der Waals surface area contributed by atoms with Gasteiger partial charge in [-0.15, -0.1) is 0 Å². The summed E-state index contributed by atoms with van der Waals surface area (Å²) < 4.78 is 6.59. The summed E-state index contributed by atoms with van der Waals surface area (Å²) in [7, 11) is 1.61. The first-order valence-corrected chi connectivity index (χ1v) is 5.96. The van der Waals surface area contributed by atoms with Gasteiger partial charge in [-0.05, 0) is 5.41 Å². The highest BCUT2D eigenvalue weighted by Gasteiger charge is 2.22. The van der Waals surface area contributed by atoms with Crippen LogP contribution in [-0.2, 0) is 11.3 Å². The Labute approximate surface area is 107 Å². The number of ketones is 1. The normalized spacial score (nSPS) is 11.8. The van der Waals surface area contributed by atoms with Crippen molar-refractivity contribution in [3.63, 3.8) is 0 Å². The van der Waals surface area contributed by atoms with Gasteiger partial charge in [-0.2, -0.15) is 5.10 Å². The summed E-state index contributed by atoms with van der Waals surface area (Å²) >= 11 is 6.00. The molecule has 96 valence electrons. The average Bonchev–Trinajstić information content (AvgIpc) is 2.54. The molecule has 0 fully saturated rings. The lowest BCUT2D eigenvalue weighted by Crippen LogP contribution is -2.18. The summed E-state index contributed by atoms with van der Waals surface area (Å²) in [5, 5.41) is 4.50. The van der Waals surface area contributed by atoms with E-state index in [9.17, 15) is 4.79 Å². The van der Waals surface area contributed by atoms with Crippen LogP contribution in [0, 0.1) is 5.41 Å². The number of halogens is 1. The van der Waals surface area contributed by atoms with Crippen LogP contribution in [-0.4, -0.2) is 29.3 Å². The van der Waals surface area contributed by atoms with Gasteiger partial charge in [0.2, 0.25) is 0 Å². The van der Waals surface area contributed by atoms with E-state index in [0.717, 1.165) is 0 Å². The maximum atomic E-state index is 12.1. The largest absolute Gasteiger partial charge is 0.383 e. The summed E-state index contributed by atoms with van der Waals surface area (Å²) in [4.78, 5) is 12.1. The van der Waals surface area contributed by atoms with Crippen LogP contribution in [0.5, 0.6) is 0 Å². The number of hydrogen-bond acceptors (Lipinski definition) is 3. The van der Waals surface area contributed by atoms with Crippen LogP contribution in [0.1, 0.15) is 37.7 Å². The number of rotatable bonds is 5. The van der Waals surface area contributed by atoms with Gasteiger partial charge in [0.15, 0.2) is 5.78 Å². The minimum Gasteiger partial charge on any atom is -0.383 e. The zero-order chi connectivity index (χ0) is 13.1. The zero-order valence-electron chi connectivity index (χ0n) is 10.8. The minimum absolute atomic E-state index is 0.0242. The maximum Gasteiger partial charge on any atom is 0.182 e. The second kappa shape index (κ2) is 5.65. The molecule has 1 rings (SSSR count). The van der Waals surface area contributed by atoms with Gasteiger partial charge < -0.3 is 4.74 Å². The van der Waals surface area contributed by atoms with Gasteiger partial charge in [0.05, 0.1) is 24.4 Å². The molecule has 0 spiro atoms. The molecule has 5 heteroatoms. The molecule has 0 aromatic carbocycles. The van der Waals surface area contributed by atoms with Gasteiger partial charge in [-0.3, -0.25) is 9.48 Å². The molecule has 0 saturated carbocycles. The van der Waals surface area contributed by atoms with E-state index in [4.69, 9.17) is 16.3 Å². The van der Waals surface area contributed by atoms with Crippen LogP contribution < -0.4 is 0 Å². The first kappa shape index (κ1) is 14.2. The van der Waals surface area contributed by atoms with Crippen LogP contribution in [0.15, 0.2) is 6.20 Å². The number of aromatic nitrogens is 2. The third-order valence-corrected chi connectivity index (χ3v) is 2.53. The van der Waals surface area contributed by atoms with E-state index < -0.39 is 0 Å². The van der Waals surface area contributed by atoms with Gasteiger partial charge in [-0.25, -0.2) is 0 Å². The molecule has 0 bridgehead atoms. The average molecular weight is 259 g/mol. The van der Waals surface area contributed by atoms with Crippen LogP contribution >= 0.6 is 11.6 Å². The zero-order valence-corrected chi connectivity index (χ0v) is 11.5. The highest BCUT2D eigenvalue weighted by molar-refractivity contribution is 6.33. The van der Waals surface area contributed by atoms with E-state index in [-0.39, 0.29) is 11.2 Å². The highest BCUT2D eigenvalue weighted by atomic mass is 35.5. The number of methoxy groups -OCH3 is 1. The van der Waals surface area contributed by atoms with E-state index in [0.29, 0.717) is 30.3 Å². The highest BCUT2D eigenvalue weighted by Crippen LogP contribution is 2.24. The van der Waals surface area contributed by atoms with Crippen molar-refractivity contribution in [1.29, 1.82) is 0 Å². The van der Waals surface area contributed by atoms with Gasteiger partial charge in [0, 0.05) is 13.5 Å². The Hall–Kier alpha value is -0.870. The van der Waals surface area contributed by atoms with Gasteiger partial charge >= 0.3 is 0 Å². The van der Waals surface area contributed by atoms with E-state index in [1.54, 1.807) is 11.8 Å². The molecular formula is C12H19ClN2O2. The molecule has 0 aliphatic heterocycles. The molecule has 0 aliphatic rings. The molecule has 0 aliphatic carbocycles. The Morgan fingerprint density at radius 3 is 2.71 bits per heavy atom. The lowest BCUT2D eigenvalue weighted by Gasteiger charge is -2.17. The molecule has 0 radical (unpaired) electrons. The number of nitrogens with zero attached hydrogens (tertiary/aromatic N) is 2. The quantitative estimate of drug-likeness (QED) is 0.763. The SMILES string of the molecule is COCCn1ncc(Cl)c1C(=O)CC(C)(C)C. The molecule has 0 unspecified atom stereocenters. The predicted octanol–water partition coefficient (Wildman–Crippen LogP) is 2.80. The molecular weight excluding hydrogens is 240 g/mol. The first-order valence-electron chi connectivity index (χ1n) is 5.58. The van der Waals surface area contributed by atoms with Crippen molar-refractivity contribution in [2.75, 3.05) is 13.7 Å². The fraction of sp³-hybridized carbons (Fsp3) is 0.667. The van der Waals surface area contributed by atoms with Crippen molar-refractivity contribution in [3.05, 3.63) is 16.9 Å². The minimum atomic E-state index is -0.0588. The van der Waals surface area contributed by atoms with Gasteiger partial charge in [-0.1, -0.05) is 32.4 Å². The molecule has 17 heavy (non-hydrogen) atoms. The third-order valence-electron chi connectivity index (χ3n) is 2.26. The summed E-state index contributed by atoms with van der Waals surface area (Å²) in [5.74, 6) is 0.0242. The Bertz CT molecular complexity index is 394. The summed E-state index contributed by atoms with van der Waals surface area (Å²) in [5.41, 5.74) is 0.426. The maximum absolute atomic E-state index is 12.1. The van der Waals surface area contributed by atoms with Crippen molar-refractivity contribution < 1.29 is 9.53 Å². The number of carbonyl (C=O) groups excluding carboxylic acids is 1. The number of ether oxygens (including phenoxy) is 1. The topological polar surface area (TPSA) is 44.1 Å². The summed E-state index contributed by atoms with van der Waals surface area (Å²) in [6, 6.07) is 0. The molecule has 0 saturated heterocycles. The van der Waals surface area contributed by atoms with Crippen LogP contribution in [0.2, 0.25) is 5.02 Å². The van der Waals surface area contributed by atoms with Crippen molar-refractivity contribution in [2.45, 2.75) is 33.7 Å². The molecule has 0 atom stereocenters. The molecule has 1 heterocycles. The number of carbonyl (C=O) groups is 1. The summed E-state index contributed by atoms with van der Waals surface area (Å²) in [6.07, 6.45) is 1.96. The molecule has 0 N–H and O–H groups in total. The van der Waals surface area contributed by atoms with E-state index in [2.05, 4.69) is 5.10 Å². The molecule has 1 aromatic heterocycles.